The molecule has 1 atom stereocenters. The van der Waals surface area contributed by atoms with Gasteiger partial charge in [-0.2, -0.15) is 0 Å². The molecule has 4 rings (SSSR count). The highest BCUT2D eigenvalue weighted by atomic mass is 32.1. The van der Waals surface area contributed by atoms with Gasteiger partial charge in [-0.15, -0.1) is 11.3 Å². The van der Waals surface area contributed by atoms with Gasteiger partial charge in [0.2, 0.25) is 0 Å². The summed E-state index contributed by atoms with van der Waals surface area (Å²) in [5.74, 6) is 0. The number of nitrogens with one attached hydrogen (secondary N) is 1. The molecule has 2 aromatic heterocycles. The second kappa shape index (κ2) is 5.65. The monoisotopic (exact) mass is 340 g/mol. The molecule has 1 unspecified atom stereocenters. The lowest BCUT2D eigenvalue weighted by atomic mass is 10.1. The van der Waals surface area contributed by atoms with Gasteiger partial charge >= 0.3 is 0 Å². The fraction of sp³-hybridized carbons (Fsp3) is 0.278. The van der Waals surface area contributed by atoms with Crippen LogP contribution in [0, 0.1) is 0 Å². The minimum absolute atomic E-state index is 0.497. The van der Waals surface area contributed by atoms with Crippen molar-refractivity contribution in [2.24, 2.45) is 0 Å². The summed E-state index contributed by atoms with van der Waals surface area (Å²) in [4.78, 5) is 11.3. The van der Waals surface area contributed by atoms with Crippen LogP contribution in [0.1, 0.15) is 34.9 Å². The number of aromatic nitrogens is 2. The molecule has 0 bridgehead atoms. The third-order valence-corrected chi connectivity index (χ3v) is 5.50. The Morgan fingerprint density at radius 2 is 2.33 bits per heavy atom. The maximum atomic E-state index is 9.97. The van der Waals surface area contributed by atoms with Crippen LogP contribution in [-0.4, -0.2) is 26.5 Å². The van der Waals surface area contributed by atoms with Gasteiger partial charge in [-0.3, -0.25) is 0 Å². The van der Waals surface area contributed by atoms with E-state index in [2.05, 4.69) is 27.5 Å². The molecule has 0 saturated carbocycles. The molecule has 6 heteroatoms. The molecule has 4 N–H and O–H groups in total. The first-order valence-electron chi connectivity index (χ1n) is 8.01. The summed E-state index contributed by atoms with van der Waals surface area (Å²) in [5.41, 5.74) is 10.8. The first-order chi connectivity index (χ1) is 11.5. The number of nitrogens with zero attached hydrogens (tertiary/aromatic N) is 2. The standard InChI is InChI=1S/C18H20N4OS/c1-10(22-7-6-15-17(9-22)24-18(19)21-15)16-8-13-12(11(2)23)4-3-5-14(13)20-16/h3-5,8,11,20,23H,1,6-7,9H2,2H3,(H2,19,21). The van der Waals surface area contributed by atoms with Crippen molar-refractivity contribution in [2.45, 2.75) is 26.0 Å². The van der Waals surface area contributed by atoms with E-state index in [0.29, 0.717) is 5.13 Å². The van der Waals surface area contributed by atoms with Crippen molar-refractivity contribution in [3.8, 4) is 0 Å². The van der Waals surface area contributed by atoms with Gasteiger partial charge < -0.3 is 20.7 Å². The van der Waals surface area contributed by atoms with E-state index in [-0.39, 0.29) is 0 Å². The summed E-state index contributed by atoms with van der Waals surface area (Å²) in [7, 11) is 0. The number of aliphatic hydroxyl groups excluding tert-OH is 1. The van der Waals surface area contributed by atoms with Gasteiger partial charge in [-0.1, -0.05) is 18.7 Å². The van der Waals surface area contributed by atoms with E-state index < -0.39 is 6.10 Å². The number of aromatic amines is 1. The van der Waals surface area contributed by atoms with E-state index >= 15 is 0 Å². The third-order valence-electron chi connectivity index (χ3n) is 4.59. The van der Waals surface area contributed by atoms with Crippen LogP contribution in [0.5, 0.6) is 0 Å². The quantitative estimate of drug-likeness (QED) is 0.684. The molecule has 0 spiro atoms. The SMILES string of the molecule is C=C(c1cc2c(C(C)O)cccc2[nH]1)N1CCc2nc(N)sc2C1. The Morgan fingerprint density at radius 3 is 3.12 bits per heavy atom. The second-order valence-electron chi connectivity index (χ2n) is 6.21. The van der Waals surface area contributed by atoms with Crippen LogP contribution in [0.2, 0.25) is 0 Å². The summed E-state index contributed by atoms with van der Waals surface area (Å²) < 4.78 is 0. The number of fused-ring (bicyclic) bond motifs is 2. The Morgan fingerprint density at radius 1 is 1.50 bits per heavy atom. The van der Waals surface area contributed by atoms with E-state index in [4.69, 9.17) is 5.73 Å². The van der Waals surface area contributed by atoms with Crippen LogP contribution in [0.25, 0.3) is 16.6 Å². The van der Waals surface area contributed by atoms with Crippen LogP contribution < -0.4 is 5.73 Å². The van der Waals surface area contributed by atoms with Gasteiger partial charge in [0, 0.05) is 28.7 Å². The van der Waals surface area contributed by atoms with Gasteiger partial charge in [0.25, 0.3) is 0 Å². The zero-order valence-electron chi connectivity index (χ0n) is 13.5. The maximum Gasteiger partial charge on any atom is 0.180 e. The number of aliphatic hydroxyl groups is 1. The van der Waals surface area contributed by atoms with Gasteiger partial charge in [0.05, 0.1) is 29.7 Å². The fourth-order valence-corrected chi connectivity index (χ4v) is 4.21. The molecule has 1 aliphatic heterocycles. The minimum Gasteiger partial charge on any atom is -0.389 e. The average molecular weight is 340 g/mol. The van der Waals surface area contributed by atoms with Crippen molar-refractivity contribution in [2.75, 3.05) is 12.3 Å². The molecule has 3 aromatic rings. The van der Waals surface area contributed by atoms with Crippen LogP contribution in [0.4, 0.5) is 5.13 Å². The van der Waals surface area contributed by atoms with Crippen molar-refractivity contribution >= 4 is 33.1 Å². The van der Waals surface area contributed by atoms with Crippen LogP contribution in [-0.2, 0) is 13.0 Å². The van der Waals surface area contributed by atoms with Crippen molar-refractivity contribution in [3.63, 3.8) is 0 Å². The number of rotatable bonds is 3. The minimum atomic E-state index is -0.497. The summed E-state index contributed by atoms with van der Waals surface area (Å²) in [6, 6.07) is 8.02. The second-order valence-corrected chi connectivity index (χ2v) is 7.32. The van der Waals surface area contributed by atoms with Crippen LogP contribution in [0.15, 0.2) is 30.8 Å². The van der Waals surface area contributed by atoms with Crippen molar-refractivity contribution in [1.29, 1.82) is 0 Å². The van der Waals surface area contributed by atoms with Crippen LogP contribution in [0.3, 0.4) is 0 Å². The van der Waals surface area contributed by atoms with E-state index in [0.717, 1.165) is 53.1 Å². The molecular weight excluding hydrogens is 320 g/mol. The number of thiazole rings is 1. The van der Waals surface area contributed by atoms with Gasteiger partial charge in [0.15, 0.2) is 5.13 Å². The Labute approximate surface area is 144 Å². The molecule has 1 aliphatic rings. The predicted octanol–water partition coefficient (Wildman–Crippen LogP) is 3.29. The largest absolute Gasteiger partial charge is 0.389 e. The van der Waals surface area contributed by atoms with Gasteiger partial charge in [-0.05, 0) is 24.6 Å². The number of hydrogen-bond donors (Lipinski definition) is 3. The van der Waals surface area contributed by atoms with E-state index in [1.165, 1.54) is 4.88 Å². The van der Waals surface area contributed by atoms with Crippen LogP contribution >= 0.6 is 11.3 Å². The zero-order valence-corrected chi connectivity index (χ0v) is 14.4. The number of anilines is 1. The molecule has 1 aromatic carbocycles. The smallest absolute Gasteiger partial charge is 0.180 e. The summed E-state index contributed by atoms with van der Waals surface area (Å²) >= 11 is 1.56. The molecule has 124 valence electrons. The molecule has 0 aliphatic carbocycles. The lowest BCUT2D eigenvalue weighted by molar-refractivity contribution is 0.201. The molecule has 24 heavy (non-hydrogen) atoms. The molecule has 0 amide bonds. The summed E-state index contributed by atoms with van der Waals surface area (Å²) in [6.07, 6.45) is 0.393. The van der Waals surface area contributed by atoms with E-state index in [1.54, 1.807) is 18.3 Å². The number of nitrogen functional groups attached to an aromatic ring is 1. The highest BCUT2D eigenvalue weighted by Gasteiger charge is 2.22. The highest BCUT2D eigenvalue weighted by Crippen LogP contribution is 2.32. The molecular formula is C18H20N4OS. The van der Waals surface area contributed by atoms with Crippen molar-refractivity contribution in [1.82, 2.24) is 14.9 Å². The fourth-order valence-electron chi connectivity index (χ4n) is 3.31. The summed E-state index contributed by atoms with van der Waals surface area (Å²) in [5, 5.41) is 11.6. The topological polar surface area (TPSA) is 78.2 Å². The maximum absolute atomic E-state index is 9.97. The molecule has 0 fully saturated rings. The Kier molecular flexibility index (Phi) is 3.58. The zero-order chi connectivity index (χ0) is 16.8. The summed E-state index contributed by atoms with van der Waals surface area (Å²) in [6.45, 7) is 7.75. The first kappa shape index (κ1) is 15.2. The number of hydrogen-bond acceptors (Lipinski definition) is 5. The number of nitrogens with two attached hydrogens (primary N) is 1. The Bertz CT molecular complexity index is 924. The van der Waals surface area contributed by atoms with E-state index in [9.17, 15) is 5.11 Å². The molecule has 0 radical (unpaired) electrons. The molecule has 3 heterocycles. The average Bonchev–Trinajstić information content (AvgIpc) is 3.14. The number of benzene rings is 1. The lowest BCUT2D eigenvalue weighted by Crippen LogP contribution is -2.28. The Balaban J connectivity index is 1.65. The number of H-pyrrole nitrogens is 1. The van der Waals surface area contributed by atoms with Gasteiger partial charge in [0.1, 0.15) is 0 Å². The van der Waals surface area contributed by atoms with Gasteiger partial charge in [-0.25, -0.2) is 4.98 Å². The molecule has 0 saturated heterocycles. The first-order valence-corrected chi connectivity index (χ1v) is 8.82. The predicted molar refractivity (Wildman–Crippen MR) is 98.6 cm³/mol. The third kappa shape index (κ3) is 2.48. The van der Waals surface area contributed by atoms with E-state index in [1.807, 2.05) is 18.2 Å². The highest BCUT2D eigenvalue weighted by molar-refractivity contribution is 7.15. The Hall–Kier alpha value is -2.31. The normalized spacial score (nSPS) is 15.5. The lowest BCUT2D eigenvalue weighted by Gasteiger charge is -2.29. The van der Waals surface area contributed by atoms with Crippen molar-refractivity contribution in [3.05, 3.63) is 52.7 Å². The molecule has 5 nitrogen and oxygen atoms in total. The van der Waals surface area contributed by atoms with Crippen molar-refractivity contribution < 1.29 is 5.11 Å².